The Morgan fingerprint density at radius 1 is 1.10 bits per heavy atom. The van der Waals surface area contributed by atoms with Gasteiger partial charge in [-0.2, -0.15) is 0 Å². The van der Waals surface area contributed by atoms with Gasteiger partial charge in [0.2, 0.25) is 11.8 Å². The van der Waals surface area contributed by atoms with Crippen LogP contribution in [0.25, 0.3) is 11.1 Å². The number of hydrogen-bond donors (Lipinski definition) is 2. The van der Waals surface area contributed by atoms with Gasteiger partial charge in [0.05, 0.1) is 12.5 Å². The van der Waals surface area contributed by atoms with E-state index in [4.69, 9.17) is 0 Å². The summed E-state index contributed by atoms with van der Waals surface area (Å²) >= 11 is 0. The van der Waals surface area contributed by atoms with E-state index in [9.17, 15) is 9.59 Å². The molecule has 1 heterocycles. The molecule has 0 bridgehead atoms. The number of carbonyl (C=O) groups is 2. The molecule has 2 saturated carbocycles. The lowest BCUT2D eigenvalue weighted by Crippen LogP contribution is -2.50. The minimum atomic E-state index is -0.117. The summed E-state index contributed by atoms with van der Waals surface area (Å²) in [5.41, 5.74) is 5.23. The van der Waals surface area contributed by atoms with Gasteiger partial charge in [-0.15, -0.1) is 0 Å². The number of amides is 2. The second-order valence-electron chi connectivity index (χ2n) is 13.1. The zero-order valence-corrected chi connectivity index (χ0v) is 24.0. The average Bonchev–Trinajstić information content (AvgIpc) is 3.13. The first-order valence-corrected chi connectivity index (χ1v) is 14.8. The number of aryl methyl sites for hydroxylation is 1. The number of likely N-dealkylation sites (tertiary alicyclic amines) is 1. The number of benzene rings is 2. The Labute approximate surface area is 232 Å². The van der Waals surface area contributed by atoms with Crippen LogP contribution in [0.15, 0.2) is 36.4 Å². The fraction of sp³-hybridized carbons (Fsp3) is 0.576. The van der Waals surface area contributed by atoms with Crippen LogP contribution in [0.5, 0.6) is 0 Å². The standard InChI is InChI=1S/C33H44FN3O2/c1-33(2)19-29(37(4)20-33)32(39)36-25-15-21(16-25)11-13-23-14-12-22(18-30(38)35-3)17-27(23)26-9-6-10-28(34)31(26)24-7-5-8-24/h6,9-10,12,14,17,21,24-25,29H,5,7-8,11,13,15-16,18-20H2,1-4H3,(H,35,38)(H,36,39)/t21?,25?,29-/m0/s1. The van der Waals surface area contributed by atoms with Crippen molar-refractivity contribution < 1.29 is 14.0 Å². The molecule has 2 amide bonds. The Hall–Kier alpha value is -2.73. The van der Waals surface area contributed by atoms with E-state index in [-0.39, 0.29) is 41.0 Å². The molecule has 3 aliphatic rings. The molecule has 2 aromatic carbocycles. The van der Waals surface area contributed by atoms with Crippen molar-refractivity contribution in [1.29, 1.82) is 0 Å². The first kappa shape index (κ1) is 27.8. The lowest BCUT2D eigenvalue weighted by molar-refractivity contribution is -0.126. The zero-order chi connectivity index (χ0) is 27.7. The molecule has 0 unspecified atom stereocenters. The SMILES string of the molecule is CNC(=O)Cc1ccc(CCC2CC(NC(=O)[C@@H]3CC(C)(C)CN3C)C2)c(-c2cccc(F)c2C2CCC2)c1. The molecule has 5 rings (SSSR count). The summed E-state index contributed by atoms with van der Waals surface area (Å²) in [5.74, 6) is 0.883. The summed E-state index contributed by atoms with van der Waals surface area (Å²) in [6.07, 6.45) is 8.42. The predicted octanol–water partition coefficient (Wildman–Crippen LogP) is 5.61. The molecule has 1 aliphatic heterocycles. The van der Waals surface area contributed by atoms with Crippen molar-refractivity contribution in [3.05, 3.63) is 58.9 Å². The van der Waals surface area contributed by atoms with Crippen LogP contribution in [0.2, 0.25) is 0 Å². The second-order valence-corrected chi connectivity index (χ2v) is 13.1. The summed E-state index contributed by atoms with van der Waals surface area (Å²) < 4.78 is 15.1. The third-order valence-corrected chi connectivity index (χ3v) is 9.34. The van der Waals surface area contributed by atoms with Crippen LogP contribution in [0.1, 0.15) is 81.4 Å². The van der Waals surface area contributed by atoms with Crippen LogP contribution in [-0.4, -0.2) is 49.4 Å². The van der Waals surface area contributed by atoms with E-state index in [1.165, 1.54) is 5.56 Å². The molecule has 3 fully saturated rings. The van der Waals surface area contributed by atoms with Crippen LogP contribution < -0.4 is 10.6 Å². The molecule has 1 atom stereocenters. The Balaban J connectivity index is 1.26. The molecular formula is C33H44FN3O2. The molecular weight excluding hydrogens is 489 g/mol. The van der Waals surface area contributed by atoms with Crippen LogP contribution in [0, 0.1) is 17.2 Å². The third kappa shape index (κ3) is 6.21. The molecule has 210 valence electrons. The largest absolute Gasteiger partial charge is 0.359 e. The highest BCUT2D eigenvalue weighted by molar-refractivity contribution is 5.82. The van der Waals surface area contributed by atoms with Crippen molar-refractivity contribution in [3.63, 3.8) is 0 Å². The number of nitrogens with zero attached hydrogens (tertiary/aromatic N) is 1. The summed E-state index contributed by atoms with van der Waals surface area (Å²) in [5, 5.41) is 6.01. The topological polar surface area (TPSA) is 61.4 Å². The van der Waals surface area contributed by atoms with Crippen molar-refractivity contribution >= 4 is 11.8 Å². The highest BCUT2D eigenvalue weighted by Crippen LogP contribution is 2.44. The van der Waals surface area contributed by atoms with Gasteiger partial charge in [-0.3, -0.25) is 14.5 Å². The second kappa shape index (κ2) is 11.4. The smallest absolute Gasteiger partial charge is 0.237 e. The van der Waals surface area contributed by atoms with Gasteiger partial charge in [-0.05, 0) is 103 Å². The molecule has 1 saturated heterocycles. The van der Waals surface area contributed by atoms with Gasteiger partial charge in [0.25, 0.3) is 0 Å². The van der Waals surface area contributed by atoms with Crippen LogP contribution in [0.4, 0.5) is 4.39 Å². The normalized spacial score (nSPS) is 24.6. The fourth-order valence-corrected chi connectivity index (χ4v) is 6.93. The number of halogens is 1. The Bertz CT molecular complexity index is 1220. The van der Waals surface area contributed by atoms with Gasteiger partial charge in [0.1, 0.15) is 5.82 Å². The first-order valence-electron chi connectivity index (χ1n) is 14.8. The van der Waals surface area contributed by atoms with Gasteiger partial charge in [-0.1, -0.05) is 50.6 Å². The van der Waals surface area contributed by atoms with Crippen molar-refractivity contribution in [1.82, 2.24) is 15.5 Å². The van der Waals surface area contributed by atoms with Gasteiger partial charge in [0.15, 0.2) is 0 Å². The molecule has 2 N–H and O–H groups in total. The van der Waals surface area contributed by atoms with Gasteiger partial charge < -0.3 is 10.6 Å². The van der Waals surface area contributed by atoms with Crippen molar-refractivity contribution in [2.24, 2.45) is 11.3 Å². The fourth-order valence-electron chi connectivity index (χ4n) is 6.93. The van der Waals surface area contributed by atoms with E-state index >= 15 is 4.39 Å². The minimum absolute atomic E-state index is 0.0222. The molecule has 39 heavy (non-hydrogen) atoms. The van der Waals surface area contributed by atoms with E-state index in [1.807, 2.05) is 12.1 Å². The highest BCUT2D eigenvalue weighted by Gasteiger charge is 2.41. The molecule has 6 heteroatoms. The van der Waals surface area contributed by atoms with Crippen molar-refractivity contribution in [3.8, 4) is 11.1 Å². The monoisotopic (exact) mass is 533 g/mol. The van der Waals surface area contributed by atoms with Gasteiger partial charge in [-0.25, -0.2) is 4.39 Å². The third-order valence-electron chi connectivity index (χ3n) is 9.34. The van der Waals surface area contributed by atoms with Gasteiger partial charge in [0, 0.05) is 19.6 Å². The predicted molar refractivity (Wildman–Crippen MR) is 154 cm³/mol. The summed E-state index contributed by atoms with van der Waals surface area (Å²) in [7, 11) is 3.70. The maximum atomic E-state index is 15.1. The minimum Gasteiger partial charge on any atom is -0.359 e. The van der Waals surface area contributed by atoms with Crippen LogP contribution >= 0.6 is 0 Å². The molecule has 0 spiro atoms. The van der Waals surface area contributed by atoms with E-state index in [2.05, 4.69) is 54.6 Å². The van der Waals surface area contributed by atoms with Crippen molar-refractivity contribution in [2.75, 3.05) is 20.6 Å². The number of rotatable bonds is 9. The number of hydrogen-bond acceptors (Lipinski definition) is 3. The molecule has 5 nitrogen and oxygen atoms in total. The van der Waals surface area contributed by atoms with Gasteiger partial charge >= 0.3 is 0 Å². The van der Waals surface area contributed by atoms with E-state index in [1.54, 1.807) is 13.1 Å². The maximum Gasteiger partial charge on any atom is 0.237 e. The molecule has 0 aromatic heterocycles. The van der Waals surface area contributed by atoms with E-state index in [0.717, 1.165) is 80.2 Å². The summed E-state index contributed by atoms with van der Waals surface area (Å²) in [6, 6.07) is 12.0. The Kier molecular flexibility index (Phi) is 8.14. The Morgan fingerprint density at radius 2 is 1.87 bits per heavy atom. The summed E-state index contributed by atoms with van der Waals surface area (Å²) in [4.78, 5) is 27.2. The van der Waals surface area contributed by atoms with Crippen molar-refractivity contribution in [2.45, 2.75) is 89.6 Å². The molecule has 2 aromatic rings. The lowest BCUT2D eigenvalue weighted by Gasteiger charge is -2.37. The summed E-state index contributed by atoms with van der Waals surface area (Å²) in [6.45, 7) is 5.42. The molecule has 2 aliphatic carbocycles. The first-order chi connectivity index (χ1) is 18.6. The maximum absolute atomic E-state index is 15.1. The number of likely N-dealkylation sites (N-methyl/N-ethyl adjacent to an activating group) is 2. The van der Waals surface area contributed by atoms with Crippen LogP contribution in [0.3, 0.4) is 0 Å². The number of nitrogens with one attached hydrogen (secondary N) is 2. The highest BCUT2D eigenvalue weighted by atomic mass is 19.1. The number of carbonyl (C=O) groups excluding carboxylic acids is 2. The van der Waals surface area contributed by atoms with E-state index < -0.39 is 0 Å². The van der Waals surface area contributed by atoms with E-state index in [0.29, 0.717) is 12.3 Å². The quantitative estimate of drug-likeness (QED) is 0.441. The molecule has 0 radical (unpaired) electrons. The Morgan fingerprint density at radius 3 is 2.51 bits per heavy atom. The van der Waals surface area contributed by atoms with Crippen LogP contribution in [-0.2, 0) is 22.4 Å². The lowest BCUT2D eigenvalue weighted by atomic mass is 9.74. The zero-order valence-electron chi connectivity index (χ0n) is 24.0. The average molecular weight is 534 g/mol.